The lowest BCUT2D eigenvalue weighted by atomic mass is 10.4. The first-order valence-corrected chi connectivity index (χ1v) is 6.36. The molecule has 2 rings (SSSR count). The summed E-state index contributed by atoms with van der Waals surface area (Å²) in [6, 6.07) is 20.7. The van der Waals surface area contributed by atoms with Gasteiger partial charge in [0.2, 0.25) is 0 Å². The van der Waals surface area contributed by atoms with Gasteiger partial charge in [0.05, 0.1) is 5.66 Å². The fourth-order valence-electron chi connectivity index (χ4n) is 1.54. The van der Waals surface area contributed by atoms with Crippen LogP contribution in [0.3, 0.4) is 0 Å². The van der Waals surface area contributed by atoms with Gasteiger partial charge in [0.15, 0.2) is 0 Å². The van der Waals surface area contributed by atoms with Crippen LogP contribution in [0.4, 0.5) is 0 Å². The Bertz CT molecular complexity index is 414. The van der Waals surface area contributed by atoms with Crippen LogP contribution in [0.15, 0.2) is 60.7 Å². The molecule has 72 valence electrons. The Labute approximate surface area is 91.7 Å². The van der Waals surface area contributed by atoms with E-state index in [0.717, 1.165) is 0 Å². The van der Waals surface area contributed by atoms with Gasteiger partial charge in [-0.05, 0) is 24.3 Å². The molecule has 0 nitrogen and oxygen atoms in total. The molecule has 15 heavy (non-hydrogen) atoms. The van der Waals surface area contributed by atoms with E-state index in [1.807, 2.05) is 36.4 Å². The summed E-state index contributed by atoms with van der Waals surface area (Å²) in [5, 5.41) is 2.55. The molecule has 0 amide bonds. The van der Waals surface area contributed by atoms with E-state index in [1.54, 1.807) is 0 Å². The van der Waals surface area contributed by atoms with Crippen molar-refractivity contribution in [1.29, 1.82) is 0 Å². The maximum atomic E-state index is 5.63. The largest absolute Gasteiger partial charge is 0.143 e. The van der Waals surface area contributed by atoms with Crippen molar-refractivity contribution in [3.8, 4) is 12.1 Å². The van der Waals surface area contributed by atoms with E-state index in [9.17, 15) is 0 Å². The van der Waals surface area contributed by atoms with Crippen LogP contribution < -0.4 is 10.6 Å². The van der Waals surface area contributed by atoms with Crippen LogP contribution in [-0.4, -0.2) is 0 Å². The minimum atomic E-state index is -1.01. The lowest BCUT2D eigenvalue weighted by Crippen LogP contribution is -2.09. The summed E-state index contributed by atoms with van der Waals surface area (Å²) in [5.41, 5.74) is 2.94. The zero-order chi connectivity index (χ0) is 10.5. The third-order valence-corrected chi connectivity index (χ3v) is 4.38. The molecule has 2 aromatic rings. The van der Waals surface area contributed by atoms with E-state index in [-0.39, 0.29) is 0 Å². The fourth-order valence-corrected chi connectivity index (χ4v) is 3.26. The molecule has 2 aromatic carbocycles. The van der Waals surface area contributed by atoms with Gasteiger partial charge in [-0.2, -0.15) is 0 Å². The minimum Gasteiger partial charge on any atom is -0.0761 e. The topological polar surface area (TPSA) is 0 Å². The van der Waals surface area contributed by atoms with Gasteiger partial charge < -0.3 is 0 Å². The number of rotatable bonds is 2. The summed E-state index contributed by atoms with van der Waals surface area (Å²) in [4.78, 5) is 0. The first kappa shape index (κ1) is 9.97. The van der Waals surface area contributed by atoms with Crippen molar-refractivity contribution in [2.45, 2.75) is 0 Å². The van der Waals surface area contributed by atoms with Crippen molar-refractivity contribution in [2.75, 3.05) is 0 Å². The van der Waals surface area contributed by atoms with E-state index in [2.05, 4.69) is 29.9 Å². The second kappa shape index (κ2) is 4.78. The minimum absolute atomic E-state index is 1.01. The van der Waals surface area contributed by atoms with Crippen molar-refractivity contribution in [1.82, 2.24) is 0 Å². The smallest absolute Gasteiger partial charge is 0.0761 e. The normalized spacial score (nSPS) is 9.87. The summed E-state index contributed by atoms with van der Waals surface area (Å²) in [6.07, 6.45) is 5.63. The lowest BCUT2D eigenvalue weighted by Gasteiger charge is -2.01. The number of benzene rings is 2. The SMILES string of the molecule is C#C[PH+](c1ccccc1)c1ccccc1. The zero-order valence-electron chi connectivity index (χ0n) is 8.35. The van der Waals surface area contributed by atoms with Gasteiger partial charge in [0.1, 0.15) is 18.5 Å². The Balaban J connectivity index is 2.39. The lowest BCUT2D eigenvalue weighted by molar-refractivity contribution is 1.76. The Morgan fingerprint density at radius 2 is 1.13 bits per heavy atom. The van der Waals surface area contributed by atoms with Crippen molar-refractivity contribution in [3.05, 3.63) is 60.7 Å². The highest BCUT2D eigenvalue weighted by Crippen LogP contribution is 2.30. The molecule has 1 heteroatoms. The molecule has 0 aliphatic heterocycles. The molecule has 0 unspecified atom stereocenters. The molecular formula is C14H12P+. The average molecular weight is 211 g/mol. The molecule has 0 N–H and O–H groups in total. The van der Waals surface area contributed by atoms with E-state index in [4.69, 9.17) is 6.42 Å². The molecule has 0 spiro atoms. The zero-order valence-corrected chi connectivity index (χ0v) is 9.35. The Kier molecular flexibility index (Phi) is 3.18. The summed E-state index contributed by atoms with van der Waals surface area (Å²) in [6.45, 7) is 0. The second-order valence-electron chi connectivity index (χ2n) is 3.25. The first-order valence-electron chi connectivity index (χ1n) is 4.86. The van der Waals surface area contributed by atoms with E-state index in [1.165, 1.54) is 10.6 Å². The van der Waals surface area contributed by atoms with Crippen molar-refractivity contribution in [2.24, 2.45) is 0 Å². The summed E-state index contributed by atoms with van der Waals surface area (Å²) in [7, 11) is -1.01. The van der Waals surface area contributed by atoms with Crippen LogP contribution in [-0.2, 0) is 0 Å². The third kappa shape index (κ3) is 2.27. The monoisotopic (exact) mass is 211 g/mol. The molecule has 0 aliphatic rings. The number of hydrogen-bond acceptors (Lipinski definition) is 0. The maximum Gasteiger partial charge on any atom is 0.143 e. The summed E-state index contributed by atoms with van der Waals surface area (Å²) >= 11 is 0. The van der Waals surface area contributed by atoms with Gasteiger partial charge in [-0.25, -0.2) is 0 Å². The molecule has 0 aromatic heterocycles. The van der Waals surface area contributed by atoms with Crippen LogP contribution in [0.5, 0.6) is 0 Å². The highest BCUT2D eigenvalue weighted by Gasteiger charge is 2.18. The van der Waals surface area contributed by atoms with Gasteiger partial charge in [-0.15, -0.1) is 0 Å². The molecule has 0 atom stereocenters. The van der Waals surface area contributed by atoms with Crippen LogP contribution in [0, 0.1) is 12.1 Å². The Hall–Kier alpha value is -1.57. The van der Waals surface area contributed by atoms with Crippen LogP contribution in [0.25, 0.3) is 0 Å². The molecular weight excluding hydrogens is 199 g/mol. The number of terminal acetylenes is 1. The standard InChI is InChI=1S/C14H11P/c1-2-15(13-9-5-3-6-10-13)14-11-7-4-8-12-14/h1,3-12H/p+1. The molecule has 0 radical (unpaired) electrons. The van der Waals surface area contributed by atoms with Gasteiger partial charge in [-0.3, -0.25) is 0 Å². The predicted molar refractivity (Wildman–Crippen MR) is 69.3 cm³/mol. The van der Waals surface area contributed by atoms with E-state index in [0.29, 0.717) is 0 Å². The Morgan fingerprint density at radius 1 is 0.733 bits per heavy atom. The van der Waals surface area contributed by atoms with Crippen molar-refractivity contribution >= 4 is 18.5 Å². The molecule has 0 heterocycles. The quantitative estimate of drug-likeness (QED) is 0.528. The fraction of sp³-hybridized carbons (Fsp3) is 0. The summed E-state index contributed by atoms with van der Waals surface area (Å²) in [5.74, 6) is 0. The highest BCUT2D eigenvalue weighted by atomic mass is 31.1. The highest BCUT2D eigenvalue weighted by molar-refractivity contribution is 7.77. The van der Waals surface area contributed by atoms with E-state index < -0.39 is 7.92 Å². The maximum absolute atomic E-state index is 5.63. The second-order valence-corrected chi connectivity index (χ2v) is 5.44. The molecule has 0 saturated carbocycles. The van der Waals surface area contributed by atoms with Crippen LogP contribution in [0.1, 0.15) is 0 Å². The van der Waals surface area contributed by atoms with Gasteiger partial charge in [0, 0.05) is 0 Å². The number of hydrogen-bond donors (Lipinski definition) is 0. The van der Waals surface area contributed by atoms with E-state index >= 15 is 0 Å². The van der Waals surface area contributed by atoms with Gasteiger partial charge in [0.25, 0.3) is 0 Å². The molecule has 0 aliphatic carbocycles. The predicted octanol–water partition coefficient (Wildman–Crippen LogP) is 2.44. The van der Waals surface area contributed by atoms with Crippen molar-refractivity contribution < 1.29 is 0 Å². The average Bonchev–Trinajstić information content (AvgIpc) is 2.33. The van der Waals surface area contributed by atoms with Crippen molar-refractivity contribution in [3.63, 3.8) is 0 Å². The van der Waals surface area contributed by atoms with Crippen LogP contribution >= 0.6 is 7.92 Å². The molecule has 0 fully saturated rings. The van der Waals surface area contributed by atoms with Gasteiger partial charge >= 0.3 is 0 Å². The Morgan fingerprint density at radius 3 is 1.47 bits per heavy atom. The van der Waals surface area contributed by atoms with Gasteiger partial charge in [-0.1, -0.05) is 42.8 Å². The first-order chi connectivity index (χ1) is 7.42. The summed E-state index contributed by atoms with van der Waals surface area (Å²) < 4.78 is 0. The molecule has 0 saturated heterocycles. The third-order valence-electron chi connectivity index (χ3n) is 2.27. The van der Waals surface area contributed by atoms with Crippen LogP contribution in [0.2, 0.25) is 0 Å². The molecule has 0 bridgehead atoms.